The fraction of sp³-hybridized carbons (Fsp3) is 0.364. The largest absolute Gasteiger partial charge is 0.385 e. The van der Waals surface area contributed by atoms with Gasteiger partial charge in [0.05, 0.1) is 10.7 Å². The molecule has 94 valence electrons. The minimum absolute atomic E-state index is 0.0258. The van der Waals surface area contributed by atoms with Gasteiger partial charge in [-0.25, -0.2) is 9.18 Å². The molecule has 1 aromatic rings. The Balaban J connectivity index is 2.43. The molecular formula is C11H14ClFN2O2. The van der Waals surface area contributed by atoms with E-state index in [1.165, 1.54) is 12.1 Å². The van der Waals surface area contributed by atoms with Crippen molar-refractivity contribution in [2.75, 3.05) is 25.6 Å². The van der Waals surface area contributed by atoms with E-state index in [2.05, 4.69) is 10.6 Å². The number of rotatable bonds is 5. The van der Waals surface area contributed by atoms with Crippen LogP contribution in [0.15, 0.2) is 18.2 Å². The Hall–Kier alpha value is -1.33. The minimum Gasteiger partial charge on any atom is -0.385 e. The molecule has 6 heteroatoms. The summed E-state index contributed by atoms with van der Waals surface area (Å²) >= 11 is 5.58. The molecule has 0 saturated heterocycles. The number of carbonyl (C=O) groups excluding carboxylic acids is 1. The number of nitrogens with one attached hydrogen (secondary N) is 2. The van der Waals surface area contributed by atoms with Crippen molar-refractivity contribution in [1.82, 2.24) is 5.32 Å². The molecule has 0 fully saturated rings. The van der Waals surface area contributed by atoms with Gasteiger partial charge in [-0.2, -0.15) is 0 Å². The first-order valence-corrected chi connectivity index (χ1v) is 5.50. The van der Waals surface area contributed by atoms with Gasteiger partial charge < -0.3 is 15.4 Å². The summed E-state index contributed by atoms with van der Waals surface area (Å²) in [6.45, 7) is 1.02. The van der Waals surface area contributed by atoms with Crippen LogP contribution in [0.4, 0.5) is 14.9 Å². The van der Waals surface area contributed by atoms with Gasteiger partial charge in [0.1, 0.15) is 0 Å². The molecule has 0 aromatic heterocycles. The molecule has 1 aromatic carbocycles. The van der Waals surface area contributed by atoms with E-state index >= 15 is 0 Å². The van der Waals surface area contributed by atoms with Crippen LogP contribution in [-0.2, 0) is 4.74 Å². The van der Waals surface area contributed by atoms with Crippen LogP contribution >= 0.6 is 11.6 Å². The Morgan fingerprint density at radius 1 is 1.53 bits per heavy atom. The van der Waals surface area contributed by atoms with Gasteiger partial charge in [0.25, 0.3) is 0 Å². The van der Waals surface area contributed by atoms with E-state index in [4.69, 9.17) is 16.3 Å². The van der Waals surface area contributed by atoms with Crippen molar-refractivity contribution in [3.63, 3.8) is 0 Å². The molecular weight excluding hydrogens is 247 g/mol. The highest BCUT2D eigenvalue weighted by molar-refractivity contribution is 6.31. The van der Waals surface area contributed by atoms with Crippen molar-refractivity contribution in [1.29, 1.82) is 0 Å². The standard InChI is InChI=1S/C11H14ClFN2O2/c1-17-7-3-6-14-11(16)15-9-5-2-4-8(12)10(9)13/h2,4-5H,3,6-7H2,1H3,(H2,14,15,16). The molecule has 0 aliphatic rings. The van der Waals surface area contributed by atoms with E-state index in [9.17, 15) is 9.18 Å². The van der Waals surface area contributed by atoms with Gasteiger partial charge in [0.15, 0.2) is 5.82 Å². The van der Waals surface area contributed by atoms with E-state index in [-0.39, 0.29) is 10.7 Å². The molecule has 0 spiro atoms. The van der Waals surface area contributed by atoms with Crippen molar-refractivity contribution < 1.29 is 13.9 Å². The van der Waals surface area contributed by atoms with E-state index in [1.54, 1.807) is 13.2 Å². The topological polar surface area (TPSA) is 50.4 Å². The molecule has 1 rings (SSSR count). The van der Waals surface area contributed by atoms with E-state index < -0.39 is 11.8 Å². The maximum Gasteiger partial charge on any atom is 0.319 e. The van der Waals surface area contributed by atoms with E-state index in [1.807, 2.05) is 0 Å². The van der Waals surface area contributed by atoms with Crippen LogP contribution in [0.2, 0.25) is 5.02 Å². The van der Waals surface area contributed by atoms with Gasteiger partial charge in [-0.3, -0.25) is 0 Å². The van der Waals surface area contributed by atoms with E-state index in [0.717, 1.165) is 0 Å². The van der Waals surface area contributed by atoms with Gasteiger partial charge in [-0.05, 0) is 18.6 Å². The zero-order valence-corrected chi connectivity index (χ0v) is 10.2. The highest BCUT2D eigenvalue weighted by atomic mass is 35.5. The highest BCUT2D eigenvalue weighted by Crippen LogP contribution is 2.21. The second-order valence-electron chi connectivity index (χ2n) is 3.33. The number of halogens is 2. The third-order valence-corrected chi connectivity index (χ3v) is 2.30. The average molecular weight is 261 g/mol. The zero-order chi connectivity index (χ0) is 12.7. The summed E-state index contributed by atoms with van der Waals surface area (Å²) in [5.41, 5.74) is 0.0572. The predicted octanol–water partition coefficient (Wildman–Crippen LogP) is 2.64. The number of amides is 2. The van der Waals surface area contributed by atoms with Crippen LogP contribution in [-0.4, -0.2) is 26.3 Å². The van der Waals surface area contributed by atoms with Crippen LogP contribution in [0.25, 0.3) is 0 Å². The Labute approximate surface area is 104 Å². The highest BCUT2D eigenvalue weighted by Gasteiger charge is 2.08. The normalized spacial score (nSPS) is 10.1. The summed E-state index contributed by atoms with van der Waals surface area (Å²) in [5.74, 6) is -0.638. The minimum atomic E-state index is -0.638. The monoisotopic (exact) mass is 260 g/mol. The number of carbonyl (C=O) groups is 1. The maximum absolute atomic E-state index is 13.4. The number of methoxy groups -OCH3 is 1. The second-order valence-corrected chi connectivity index (χ2v) is 3.74. The second kappa shape index (κ2) is 7.09. The lowest BCUT2D eigenvalue weighted by atomic mass is 10.3. The van der Waals surface area contributed by atoms with Gasteiger partial charge >= 0.3 is 6.03 Å². The maximum atomic E-state index is 13.4. The lowest BCUT2D eigenvalue weighted by Crippen LogP contribution is -2.30. The van der Waals surface area contributed by atoms with Gasteiger partial charge in [0, 0.05) is 20.3 Å². The third-order valence-electron chi connectivity index (χ3n) is 2.01. The van der Waals surface area contributed by atoms with Crippen LogP contribution < -0.4 is 10.6 Å². The summed E-state index contributed by atoms with van der Waals surface area (Å²) in [5, 5.41) is 4.92. The number of ether oxygens (including phenoxy) is 1. The number of urea groups is 1. The van der Waals surface area contributed by atoms with Gasteiger partial charge in [-0.15, -0.1) is 0 Å². The number of hydrogen-bond acceptors (Lipinski definition) is 2. The van der Waals surface area contributed by atoms with Crippen molar-refractivity contribution in [2.45, 2.75) is 6.42 Å². The molecule has 2 amide bonds. The van der Waals surface area contributed by atoms with Crippen molar-refractivity contribution in [3.05, 3.63) is 29.0 Å². The van der Waals surface area contributed by atoms with Gasteiger partial charge in [-0.1, -0.05) is 17.7 Å². The molecule has 4 nitrogen and oxygen atoms in total. The predicted molar refractivity (Wildman–Crippen MR) is 64.9 cm³/mol. The van der Waals surface area contributed by atoms with Crippen LogP contribution in [0.5, 0.6) is 0 Å². The molecule has 0 aliphatic carbocycles. The Bertz CT molecular complexity index is 388. The fourth-order valence-corrected chi connectivity index (χ4v) is 1.36. The quantitative estimate of drug-likeness (QED) is 0.800. The molecule has 0 saturated carbocycles. The number of hydrogen-bond donors (Lipinski definition) is 2. The first kappa shape index (κ1) is 13.7. The first-order valence-electron chi connectivity index (χ1n) is 5.13. The zero-order valence-electron chi connectivity index (χ0n) is 9.43. The fourth-order valence-electron chi connectivity index (χ4n) is 1.19. The van der Waals surface area contributed by atoms with Crippen molar-refractivity contribution in [2.24, 2.45) is 0 Å². The van der Waals surface area contributed by atoms with Crippen LogP contribution in [0.1, 0.15) is 6.42 Å². The lowest BCUT2D eigenvalue weighted by Gasteiger charge is -2.08. The summed E-state index contributed by atoms with van der Waals surface area (Å²) in [6, 6.07) is 3.95. The summed E-state index contributed by atoms with van der Waals surface area (Å²) < 4.78 is 18.2. The Kier molecular flexibility index (Phi) is 5.72. The molecule has 0 unspecified atom stereocenters. The third kappa shape index (κ3) is 4.58. The lowest BCUT2D eigenvalue weighted by molar-refractivity contribution is 0.194. The Morgan fingerprint density at radius 2 is 2.29 bits per heavy atom. The Morgan fingerprint density at radius 3 is 3.00 bits per heavy atom. The van der Waals surface area contributed by atoms with E-state index in [0.29, 0.717) is 19.6 Å². The van der Waals surface area contributed by atoms with Crippen molar-refractivity contribution >= 4 is 23.3 Å². The van der Waals surface area contributed by atoms with Gasteiger partial charge in [0.2, 0.25) is 0 Å². The summed E-state index contributed by atoms with van der Waals surface area (Å²) in [6.07, 6.45) is 0.696. The first-order chi connectivity index (χ1) is 8.15. The summed E-state index contributed by atoms with van der Waals surface area (Å²) in [7, 11) is 1.58. The molecule has 0 bridgehead atoms. The van der Waals surface area contributed by atoms with Crippen LogP contribution in [0.3, 0.4) is 0 Å². The summed E-state index contributed by atoms with van der Waals surface area (Å²) in [4.78, 5) is 11.4. The molecule has 0 aliphatic heterocycles. The van der Waals surface area contributed by atoms with Crippen molar-refractivity contribution in [3.8, 4) is 0 Å². The number of anilines is 1. The molecule has 2 N–H and O–H groups in total. The molecule has 0 heterocycles. The van der Waals surface area contributed by atoms with Crippen LogP contribution in [0, 0.1) is 5.82 Å². The SMILES string of the molecule is COCCCNC(=O)Nc1cccc(Cl)c1F. The molecule has 0 atom stereocenters. The molecule has 0 radical (unpaired) electrons. The smallest absolute Gasteiger partial charge is 0.319 e. The molecule has 17 heavy (non-hydrogen) atoms. The number of benzene rings is 1. The average Bonchev–Trinajstić information content (AvgIpc) is 2.31.